The molecule has 18 heavy (non-hydrogen) atoms. The molecule has 0 atom stereocenters. The molecule has 1 aromatic carbocycles. The second-order valence-corrected chi connectivity index (χ2v) is 3.03. The van der Waals surface area contributed by atoms with Crippen LogP contribution in [-0.4, -0.2) is 26.8 Å². The fourth-order valence-corrected chi connectivity index (χ4v) is 1.32. The molecule has 0 aliphatic carbocycles. The zero-order valence-electron chi connectivity index (χ0n) is 9.57. The van der Waals surface area contributed by atoms with Crippen molar-refractivity contribution in [3.05, 3.63) is 23.3 Å². The van der Waals surface area contributed by atoms with Gasteiger partial charge in [-0.15, -0.1) is 0 Å². The Labute approximate surface area is 101 Å². The molecule has 0 N–H and O–H groups in total. The number of ether oxygens (including phenoxy) is 3. The fraction of sp³-hybridized carbons (Fsp3) is 0.273. The Morgan fingerprint density at radius 3 is 2.50 bits per heavy atom. The Balaban J connectivity index is 3.35. The van der Waals surface area contributed by atoms with Crippen molar-refractivity contribution in [1.82, 2.24) is 0 Å². The van der Waals surface area contributed by atoms with Crippen LogP contribution in [0, 0.1) is 11.3 Å². The Morgan fingerprint density at radius 1 is 1.39 bits per heavy atom. The lowest BCUT2D eigenvalue weighted by Gasteiger charge is -2.11. The van der Waals surface area contributed by atoms with Crippen molar-refractivity contribution in [2.75, 3.05) is 14.2 Å². The monoisotopic (exact) mass is 257 g/mol. The van der Waals surface area contributed by atoms with Crippen LogP contribution in [0.25, 0.3) is 0 Å². The van der Waals surface area contributed by atoms with Gasteiger partial charge in [-0.1, -0.05) is 0 Å². The molecular formula is C11H9F2NO4. The van der Waals surface area contributed by atoms with E-state index in [1.54, 1.807) is 6.07 Å². The molecule has 1 rings (SSSR count). The molecule has 7 heteroatoms. The first kappa shape index (κ1) is 13.7. The van der Waals surface area contributed by atoms with Crippen LogP contribution in [0.1, 0.15) is 15.9 Å². The molecule has 0 radical (unpaired) electrons. The third-order valence-corrected chi connectivity index (χ3v) is 2.03. The van der Waals surface area contributed by atoms with Crippen molar-refractivity contribution in [3.8, 4) is 17.6 Å². The second-order valence-electron chi connectivity index (χ2n) is 3.03. The Bertz CT molecular complexity index is 497. The average molecular weight is 257 g/mol. The summed E-state index contributed by atoms with van der Waals surface area (Å²) < 4.78 is 37.6. The largest absolute Gasteiger partial charge is 0.496 e. The van der Waals surface area contributed by atoms with E-state index in [2.05, 4.69) is 9.47 Å². The van der Waals surface area contributed by atoms with Crippen LogP contribution in [0.3, 0.4) is 0 Å². The maximum Gasteiger partial charge on any atom is 0.387 e. The predicted molar refractivity (Wildman–Crippen MR) is 55.7 cm³/mol. The molecule has 0 spiro atoms. The van der Waals surface area contributed by atoms with E-state index in [4.69, 9.17) is 10.00 Å². The maximum atomic E-state index is 12.1. The third kappa shape index (κ3) is 2.85. The molecule has 0 bridgehead atoms. The molecule has 0 unspecified atom stereocenters. The highest BCUT2D eigenvalue weighted by molar-refractivity contribution is 5.95. The average Bonchev–Trinajstić information content (AvgIpc) is 2.35. The molecule has 0 aromatic heterocycles. The zero-order valence-corrected chi connectivity index (χ0v) is 9.57. The quantitative estimate of drug-likeness (QED) is 0.771. The molecule has 0 saturated heterocycles. The first-order valence-corrected chi connectivity index (χ1v) is 4.68. The van der Waals surface area contributed by atoms with E-state index in [1.165, 1.54) is 7.11 Å². The van der Waals surface area contributed by atoms with Crippen molar-refractivity contribution in [2.24, 2.45) is 0 Å². The summed E-state index contributed by atoms with van der Waals surface area (Å²) >= 11 is 0. The smallest absolute Gasteiger partial charge is 0.387 e. The number of alkyl halides is 2. The number of halogens is 2. The number of methoxy groups -OCH3 is 2. The summed E-state index contributed by atoms with van der Waals surface area (Å²) in [5.41, 5.74) is -0.305. The zero-order chi connectivity index (χ0) is 13.7. The fourth-order valence-electron chi connectivity index (χ4n) is 1.32. The van der Waals surface area contributed by atoms with Crippen molar-refractivity contribution in [2.45, 2.75) is 6.61 Å². The molecule has 0 heterocycles. The lowest BCUT2D eigenvalue weighted by atomic mass is 10.1. The SMILES string of the molecule is COC(=O)c1c(C#N)cc(OC(F)F)cc1OC. The van der Waals surface area contributed by atoms with E-state index in [9.17, 15) is 13.6 Å². The van der Waals surface area contributed by atoms with Gasteiger partial charge in [-0.25, -0.2) is 4.79 Å². The van der Waals surface area contributed by atoms with Crippen molar-refractivity contribution < 1.29 is 27.8 Å². The first-order chi connectivity index (χ1) is 8.53. The van der Waals surface area contributed by atoms with Crippen LogP contribution in [0.2, 0.25) is 0 Å². The van der Waals surface area contributed by atoms with Crippen molar-refractivity contribution in [3.63, 3.8) is 0 Å². The highest BCUT2D eigenvalue weighted by Crippen LogP contribution is 2.30. The van der Waals surface area contributed by atoms with Crippen LogP contribution in [0.4, 0.5) is 8.78 Å². The van der Waals surface area contributed by atoms with Gasteiger partial charge in [-0.3, -0.25) is 0 Å². The lowest BCUT2D eigenvalue weighted by Crippen LogP contribution is -2.09. The summed E-state index contributed by atoms with van der Waals surface area (Å²) in [6, 6.07) is 3.79. The summed E-state index contributed by atoms with van der Waals surface area (Å²) in [6.07, 6.45) is 0. The first-order valence-electron chi connectivity index (χ1n) is 4.68. The number of nitrogens with zero attached hydrogens (tertiary/aromatic N) is 1. The van der Waals surface area contributed by atoms with Gasteiger partial charge in [-0.05, 0) is 6.07 Å². The van der Waals surface area contributed by atoms with Gasteiger partial charge in [0.25, 0.3) is 0 Å². The number of carbonyl (C=O) groups is 1. The van der Waals surface area contributed by atoms with Gasteiger partial charge in [0.05, 0.1) is 19.8 Å². The number of hydrogen-bond donors (Lipinski definition) is 0. The Hall–Kier alpha value is -2.36. The Kier molecular flexibility index (Phi) is 4.43. The number of esters is 1. The molecule has 0 amide bonds. The summed E-state index contributed by atoms with van der Waals surface area (Å²) in [4.78, 5) is 11.5. The summed E-state index contributed by atoms with van der Waals surface area (Å²) in [7, 11) is 2.36. The minimum atomic E-state index is -3.04. The third-order valence-electron chi connectivity index (χ3n) is 2.03. The molecule has 0 aliphatic rings. The topological polar surface area (TPSA) is 68.6 Å². The second kappa shape index (κ2) is 5.82. The predicted octanol–water partition coefficient (Wildman–Crippen LogP) is 1.95. The van der Waals surface area contributed by atoms with Crippen LogP contribution in [0.15, 0.2) is 12.1 Å². The van der Waals surface area contributed by atoms with E-state index in [1.807, 2.05) is 0 Å². The number of hydrogen-bond acceptors (Lipinski definition) is 5. The minimum absolute atomic E-state index is 0.0726. The van der Waals surface area contributed by atoms with E-state index >= 15 is 0 Å². The minimum Gasteiger partial charge on any atom is -0.496 e. The van der Waals surface area contributed by atoms with Gasteiger partial charge in [0.15, 0.2) is 0 Å². The molecule has 1 aromatic rings. The summed E-state index contributed by atoms with van der Waals surface area (Å²) in [6.45, 7) is -3.04. The van der Waals surface area contributed by atoms with Gasteiger partial charge in [0, 0.05) is 6.07 Å². The normalized spacial score (nSPS) is 9.78. The van der Waals surface area contributed by atoms with Crippen LogP contribution < -0.4 is 9.47 Å². The van der Waals surface area contributed by atoms with Gasteiger partial charge in [0.1, 0.15) is 23.1 Å². The van der Waals surface area contributed by atoms with Crippen molar-refractivity contribution in [1.29, 1.82) is 5.26 Å². The molecule has 0 saturated carbocycles. The van der Waals surface area contributed by atoms with E-state index in [-0.39, 0.29) is 22.6 Å². The van der Waals surface area contributed by atoms with Crippen LogP contribution in [-0.2, 0) is 4.74 Å². The molecule has 5 nitrogen and oxygen atoms in total. The van der Waals surface area contributed by atoms with Gasteiger partial charge >= 0.3 is 12.6 Å². The number of benzene rings is 1. The molecule has 0 fully saturated rings. The highest BCUT2D eigenvalue weighted by atomic mass is 19.3. The molecule has 0 aliphatic heterocycles. The van der Waals surface area contributed by atoms with E-state index in [0.717, 1.165) is 19.2 Å². The Morgan fingerprint density at radius 2 is 2.06 bits per heavy atom. The van der Waals surface area contributed by atoms with Crippen LogP contribution in [0.5, 0.6) is 11.5 Å². The van der Waals surface area contributed by atoms with Gasteiger partial charge in [-0.2, -0.15) is 14.0 Å². The number of nitriles is 1. The van der Waals surface area contributed by atoms with Gasteiger partial charge in [0.2, 0.25) is 0 Å². The standard InChI is InChI=1S/C11H9F2NO4/c1-16-8-4-7(18-11(12)13)3-6(5-14)9(8)10(15)17-2/h3-4,11H,1-2H3. The van der Waals surface area contributed by atoms with E-state index < -0.39 is 12.6 Å². The van der Waals surface area contributed by atoms with E-state index in [0.29, 0.717) is 0 Å². The highest BCUT2D eigenvalue weighted by Gasteiger charge is 2.21. The summed E-state index contributed by atoms with van der Waals surface area (Å²) in [5, 5.41) is 8.88. The lowest BCUT2D eigenvalue weighted by molar-refractivity contribution is -0.0499. The van der Waals surface area contributed by atoms with Gasteiger partial charge < -0.3 is 14.2 Å². The number of carbonyl (C=O) groups excluding carboxylic acids is 1. The number of rotatable bonds is 4. The molecular weight excluding hydrogens is 248 g/mol. The van der Waals surface area contributed by atoms with Crippen LogP contribution >= 0.6 is 0 Å². The summed E-state index contributed by atoms with van der Waals surface area (Å²) in [5.74, 6) is -1.14. The maximum absolute atomic E-state index is 12.1. The molecule has 96 valence electrons. The van der Waals surface area contributed by atoms with Crippen molar-refractivity contribution >= 4 is 5.97 Å².